The summed E-state index contributed by atoms with van der Waals surface area (Å²) in [7, 11) is 0. The first-order chi connectivity index (χ1) is 9.52. The van der Waals surface area contributed by atoms with Crippen molar-refractivity contribution in [1.82, 2.24) is 4.90 Å². The summed E-state index contributed by atoms with van der Waals surface area (Å²) in [6, 6.07) is 7.67. The van der Waals surface area contributed by atoms with Crippen molar-refractivity contribution in [2.45, 2.75) is 31.7 Å². The first-order valence-corrected chi connectivity index (χ1v) is 7.68. The Labute approximate surface area is 127 Å². The van der Waals surface area contributed by atoms with Crippen LogP contribution in [0.3, 0.4) is 0 Å². The van der Waals surface area contributed by atoms with Crippen molar-refractivity contribution in [3.63, 3.8) is 0 Å². The van der Waals surface area contributed by atoms with Crippen molar-refractivity contribution in [1.29, 1.82) is 0 Å². The Morgan fingerprint density at radius 1 is 1.50 bits per heavy atom. The summed E-state index contributed by atoms with van der Waals surface area (Å²) < 4.78 is 6.67. The van der Waals surface area contributed by atoms with Gasteiger partial charge in [-0.15, -0.1) is 0 Å². The van der Waals surface area contributed by atoms with Crippen LogP contribution in [0.1, 0.15) is 26.2 Å². The molecule has 0 spiro atoms. The highest BCUT2D eigenvalue weighted by atomic mass is 79.9. The summed E-state index contributed by atoms with van der Waals surface area (Å²) >= 11 is 3.40. The fourth-order valence-corrected chi connectivity index (χ4v) is 2.99. The van der Waals surface area contributed by atoms with Crippen molar-refractivity contribution in [3.8, 4) is 5.75 Å². The quantitative estimate of drug-likeness (QED) is 0.893. The predicted octanol–water partition coefficient (Wildman–Crippen LogP) is 3.16. The molecule has 0 aliphatic carbocycles. The Morgan fingerprint density at radius 2 is 2.30 bits per heavy atom. The number of benzene rings is 1. The number of carbonyl (C=O) groups is 1. The molecule has 110 valence electrons. The number of ether oxygens (including phenoxy) is 1. The zero-order valence-corrected chi connectivity index (χ0v) is 13.2. The summed E-state index contributed by atoms with van der Waals surface area (Å²) in [4.78, 5) is 13.5. The van der Waals surface area contributed by atoms with Gasteiger partial charge in [0.1, 0.15) is 17.9 Å². The van der Waals surface area contributed by atoms with E-state index in [1.807, 2.05) is 36.1 Å². The van der Waals surface area contributed by atoms with Crippen LogP contribution < -0.4 is 4.74 Å². The molecule has 1 fully saturated rings. The van der Waals surface area contributed by atoms with Crippen molar-refractivity contribution in [2.24, 2.45) is 0 Å². The topological polar surface area (TPSA) is 49.8 Å². The monoisotopic (exact) mass is 341 g/mol. The van der Waals surface area contributed by atoms with Gasteiger partial charge in [0, 0.05) is 11.0 Å². The van der Waals surface area contributed by atoms with E-state index in [4.69, 9.17) is 4.74 Å². The Morgan fingerprint density at radius 3 is 3.00 bits per heavy atom. The van der Waals surface area contributed by atoms with E-state index in [9.17, 15) is 9.90 Å². The molecule has 1 aromatic rings. The summed E-state index contributed by atoms with van der Waals surface area (Å²) in [5.41, 5.74) is -0.751. The number of halogens is 1. The molecule has 1 unspecified atom stereocenters. The Bertz CT molecular complexity index is 480. The molecule has 5 heteroatoms. The molecule has 1 aliphatic rings. The Kier molecular flexibility index (Phi) is 5.05. The Hall–Kier alpha value is -1.07. The van der Waals surface area contributed by atoms with Gasteiger partial charge in [0.05, 0.1) is 0 Å². The minimum Gasteiger partial charge on any atom is -0.492 e. The van der Waals surface area contributed by atoms with Crippen LogP contribution in [0.15, 0.2) is 28.7 Å². The third-order valence-electron chi connectivity index (χ3n) is 3.93. The van der Waals surface area contributed by atoms with E-state index in [-0.39, 0.29) is 0 Å². The second-order valence-corrected chi connectivity index (χ2v) is 6.24. The van der Waals surface area contributed by atoms with E-state index >= 15 is 0 Å². The predicted molar refractivity (Wildman–Crippen MR) is 81.1 cm³/mol. The molecule has 0 saturated carbocycles. The van der Waals surface area contributed by atoms with Crippen LogP contribution in [-0.4, -0.2) is 41.2 Å². The molecule has 0 aromatic heterocycles. The number of aliphatic carboxylic acids is 1. The van der Waals surface area contributed by atoms with E-state index in [1.54, 1.807) is 0 Å². The lowest BCUT2D eigenvalue weighted by Crippen LogP contribution is -2.56. The average molecular weight is 342 g/mol. The van der Waals surface area contributed by atoms with E-state index in [0.717, 1.165) is 29.6 Å². The van der Waals surface area contributed by atoms with Gasteiger partial charge in [0.2, 0.25) is 0 Å². The van der Waals surface area contributed by atoms with E-state index in [2.05, 4.69) is 15.9 Å². The molecule has 0 amide bonds. The molecule has 2 rings (SSSR count). The molecule has 1 aliphatic heterocycles. The SMILES string of the molecule is CC1(C(=O)O)CCCCN1CCOc1cccc(Br)c1. The van der Waals surface area contributed by atoms with Crippen molar-refractivity contribution in [3.05, 3.63) is 28.7 Å². The summed E-state index contributed by atoms with van der Waals surface area (Å²) in [6.45, 7) is 3.77. The average Bonchev–Trinajstić information content (AvgIpc) is 2.41. The molecular formula is C15H20BrNO3. The third-order valence-corrected chi connectivity index (χ3v) is 4.42. The van der Waals surface area contributed by atoms with Crippen molar-refractivity contribution in [2.75, 3.05) is 19.7 Å². The molecule has 4 nitrogen and oxygen atoms in total. The number of nitrogens with zero attached hydrogens (tertiary/aromatic N) is 1. The maximum atomic E-state index is 11.5. The van der Waals surface area contributed by atoms with Crippen LogP contribution >= 0.6 is 15.9 Å². The Balaban J connectivity index is 1.90. The molecule has 1 saturated heterocycles. The fourth-order valence-electron chi connectivity index (χ4n) is 2.61. The van der Waals surface area contributed by atoms with Crippen LogP contribution in [0.25, 0.3) is 0 Å². The highest BCUT2D eigenvalue weighted by Crippen LogP contribution is 2.28. The number of hydrogen-bond donors (Lipinski definition) is 1. The highest BCUT2D eigenvalue weighted by Gasteiger charge is 2.40. The molecule has 0 radical (unpaired) electrons. The summed E-state index contributed by atoms with van der Waals surface area (Å²) in [6.07, 6.45) is 2.74. The second-order valence-electron chi connectivity index (χ2n) is 5.33. The van der Waals surface area contributed by atoms with Gasteiger partial charge in [-0.3, -0.25) is 9.69 Å². The van der Waals surface area contributed by atoms with Gasteiger partial charge in [-0.1, -0.05) is 22.0 Å². The smallest absolute Gasteiger partial charge is 0.323 e. The van der Waals surface area contributed by atoms with E-state index in [1.165, 1.54) is 0 Å². The first kappa shape index (κ1) is 15.3. The molecule has 1 heterocycles. The number of carboxylic acid groups (broad SMARTS) is 1. The zero-order valence-electron chi connectivity index (χ0n) is 11.6. The highest BCUT2D eigenvalue weighted by molar-refractivity contribution is 9.10. The van der Waals surface area contributed by atoms with Crippen LogP contribution in [0.4, 0.5) is 0 Å². The standard InChI is InChI=1S/C15H20BrNO3/c1-15(14(18)19)7-2-3-8-17(15)9-10-20-13-6-4-5-12(16)11-13/h4-6,11H,2-3,7-10H2,1H3,(H,18,19). The number of hydrogen-bond acceptors (Lipinski definition) is 3. The maximum absolute atomic E-state index is 11.5. The van der Waals surface area contributed by atoms with Crippen LogP contribution in [0, 0.1) is 0 Å². The van der Waals surface area contributed by atoms with Crippen molar-refractivity contribution >= 4 is 21.9 Å². The molecule has 1 aromatic carbocycles. The lowest BCUT2D eigenvalue weighted by atomic mass is 9.88. The largest absolute Gasteiger partial charge is 0.492 e. The van der Waals surface area contributed by atoms with E-state index in [0.29, 0.717) is 19.6 Å². The van der Waals surface area contributed by atoms with Crippen LogP contribution in [-0.2, 0) is 4.79 Å². The molecular weight excluding hydrogens is 322 g/mol. The van der Waals surface area contributed by atoms with E-state index < -0.39 is 11.5 Å². The van der Waals surface area contributed by atoms with Gasteiger partial charge in [-0.25, -0.2) is 0 Å². The minimum absolute atomic E-state index is 0.499. The van der Waals surface area contributed by atoms with Gasteiger partial charge in [0.15, 0.2) is 0 Å². The summed E-state index contributed by atoms with van der Waals surface area (Å²) in [5, 5.41) is 9.43. The third kappa shape index (κ3) is 3.52. The molecule has 1 N–H and O–H groups in total. The minimum atomic E-state index is -0.751. The first-order valence-electron chi connectivity index (χ1n) is 6.89. The maximum Gasteiger partial charge on any atom is 0.323 e. The van der Waals surface area contributed by atoms with Gasteiger partial charge >= 0.3 is 5.97 Å². The fraction of sp³-hybridized carbons (Fsp3) is 0.533. The number of rotatable bonds is 5. The normalized spacial score (nSPS) is 23.5. The molecule has 1 atom stereocenters. The van der Waals surface area contributed by atoms with Crippen LogP contribution in [0.5, 0.6) is 5.75 Å². The lowest BCUT2D eigenvalue weighted by molar-refractivity contribution is -0.153. The summed E-state index contributed by atoms with van der Waals surface area (Å²) in [5.74, 6) is 0.0630. The van der Waals surface area contributed by atoms with Gasteiger partial charge in [-0.2, -0.15) is 0 Å². The van der Waals surface area contributed by atoms with Crippen molar-refractivity contribution < 1.29 is 14.6 Å². The molecule has 20 heavy (non-hydrogen) atoms. The van der Waals surface area contributed by atoms with Crippen LogP contribution in [0.2, 0.25) is 0 Å². The second kappa shape index (κ2) is 6.59. The number of likely N-dealkylation sites (tertiary alicyclic amines) is 1. The van der Waals surface area contributed by atoms with Gasteiger partial charge in [-0.05, 0) is 50.9 Å². The van der Waals surface area contributed by atoms with Gasteiger partial charge in [0.25, 0.3) is 0 Å². The van der Waals surface area contributed by atoms with Gasteiger partial charge < -0.3 is 9.84 Å². The number of piperidine rings is 1. The molecule has 0 bridgehead atoms. The number of carboxylic acids is 1. The lowest BCUT2D eigenvalue weighted by Gasteiger charge is -2.41. The zero-order chi connectivity index (χ0) is 14.6.